The third kappa shape index (κ3) is 3.67. The summed E-state index contributed by atoms with van der Waals surface area (Å²) in [7, 11) is 1.69. The Balaban J connectivity index is 1.71. The third-order valence-electron chi connectivity index (χ3n) is 5.06. The van der Waals surface area contributed by atoms with E-state index in [1.165, 1.54) is 17.2 Å². The molecule has 4 aromatic rings. The van der Waals surface area contributed by atoms with Crippen molar-refractivity contribution in [1.29, 1.82) is 0 Å². The molecule has 3 aromatic heterocycles. The number of rotatable bonds is 4. The highest BCUT2D eigenvalue weighted by atomic mass is 19.4. The summed E-state index contributed by atoms with van der Waals surface area (Å²) in [5.74, 6) is -1.26. The molecule has 0 radical (unpaired) electrons. The van der Waals surface area contributed by atoms with E-state index < -0.39 is 23.6 Å². The summed E-state index contributed by atoms with van der Waals surface area (Å²) in [4.78, 5) is 18.5. The van der Waals surface area contributed by atoms with E-state index >= 15 is 0 Å². The SMILES string of the molecule is CCN(Cc1ccc(C(F)(F)F)nn1)C(=O)c1cc2c(cc1F)nc(N)c1cnn(C)c12. The molecule has 1 amide bonds. The smallest absolute Gasteiger partial charge is 0.383 e. The number of amides is 1. The maximum Gasteiger partial charge on any atom is 0.435 e. The van der Waals surface area contributed by atoms with Crippen molar-refractivity contribution in [3.63, 3.8) is 0 Å². The molecule has 0 fully saturated rings. The number of nitrogens with two attached hydrogens (primary N) is 1. The van der Waals surface area contributed by atoms with Gasteiger partial charge in [0.15, 0.2) is 5.69 Å². The van der Waals surface area contributed by atoms with Gasteiger partial charge in [0.05, 0.1) is 40.4 Å². The predicted molar refractivity (Wildman–Crippen MR) is 108 cm³/mol. The number of pyridine rings is 1. The summed E-state index contributed by atoms with van der Waals surface area (Å²) in [6.45, 7) is 1.69. The van der Waals surface area contributed by atoms with Crippen LogP contribution in [0, 0.1) is 5.82 Å². The van der Waals surface area contributed by atoms with Crippen LogP contribution in [0.2, 0.25) is 0 Å². The molecule has 0 bridgehead atoms. The fourth-order valence-corrected chi connectivity index (χ4v) is 3.43. The predicted octanol–water partition coefficient (Wildman–Crippen LogP) is 3.31. The van der Waals surface area contributed by atoms with Gasteiger partial charge in [-0.05, 0) is 25.1 Å². The second-order valence-corrected chi connectivity index (χ2v) is 7.10. The number of aryl methyl sites for hydroxylation is 1. The van der Waals surface area contributed by atoms with Crippen molar-refractivity contribution < 1.29 is 22.4 Å². The van der Waals surface area contributed by atoms with Crippen LogP contribution >= 0.6 is 0 Å². The van der Waals surface area contributed by atoms with Crippen molar-refractivity contribution in [3.05, 3.63) is 53.2 Å². The molecular formula is C20H17F4N7O. The van der Waals surface area contributed by atoms with Gasteiger partial charge >= 0.3 is 6.18 Å². The Morgan fingerprint density at radius 2 is 1.94 bits per heavy atom. The Bertz CT molecular complexity index is 1330. The van der Waals surface area contributed by atoms with Crippen molar-refractivity contribution in [2.45, 2.75) is 19.6 Å². The molecule has 2 N–H and O–H groups in total. The number of hydrogen-bond acceptors (Lipinski definition) is 6. The van der Waals surface area contributed by atoms with E-state index in [0.29, 0.717) is 16.3 Å². The van der Waals surface area contributed by atoms with Crippen LogP contribution < -0.4 is 5.73 Å². The van der Waals surface area contributed by atoms with E-state index in [1.54, 1.807) is 18.7 Å². The second-order valence-electron chi connectivity index (χ2n) is 7.10. The van der Waals surface area contributed by atoms with Crippen LogP contribution in [0.15, 0.2) is 30.5 Å². The number of nitrogens with zero attached hydrogens (tertiary/aromatic N) is 6. The zero-order valence-electron chi connectivity index (χ0n) is 17.0. The minimum Gasteiger partial charge on any atom is -0.383 e. The van der Waals surface area contributed by atoms with Gasteiger partial charge in [0.1, 0.15) is 11.6 Å². The first-order valence-corrected chi connectivity index (χ1v) is 9.49. The average molecular weight is 447 g/mol. The standard InChI is InChI=1S/C20H17F4N7O/c1-3-31(9-10-4-5-16(29-28-10)20(22,23)24)19(32)11-6-12-15(7-14(11)21)27-18(25)13-8-26-30(2)17(12)13/h4-8H,3,9H2,1-2H3,(H2,25,27). The summed E-state index contributed by atoms with van der Waals surface area (Å²) >= 11 is 0. The van der Waals surface area contributed by atoms with Crippen molar-refractivity contribution in [1.82, 2.24) is 29.9 Å². The number of anilines is 1. The third-order valence-corrected chi connectivity index (χ3v) is 5.06. The van der Waals surface area contributed by atoms with E-state index in [2.05, 4.69) is 20.3 Å². The molecule has 4 rings (SSSR count). The molecule has 1 aromatic carbocycles. The normalized spacial score (nSPS) is 11.9. The van der Waals surface area contributed by atoms with Gasteiger partial charge in [0, 0.05) is 25.0 Å². The molecule has 0 unspecified atom stereocenters. The van der Waals surface area contributed by atoms with Crippen molar-refractivity contribution in [2.24, 2.45) is 7.05 Å². The number of benzene rings is 1. The lowest BCUT2D eigenvalue weighted by Crippen LogP contribution is -2.31. The van der Waals surface area contributed by atoms with Crippen molar-refractivity contribution in [3.8, 4) is 0 Å². The summed E-state index contributed by atoms with van der Waals surface area (Å²) in [5.41, 5.74) is 5.58. The van der Waals surface area contributed by atoms with Gasteiger partial charge in [-0.3, -0.25) is 9.48 Å². The zero-order chi connectivity index (χ0) is 23.2. The molecule has 0 saturated heterocycles. The minimum atomic E-state index is -4.62. The molecule has 32 heavy (non-hydrogen) atoms. The Hall–Kier alpha value is -3.83. The quantitative estimate of drug-likeness (QED) is 0.482. The highest BCUT2D eigenvalue weighted by molar-refractivity contribution is 6.10. The molecule has 0 aliphatic heterocycles. The Morgan fingerprint density at radius 1 is 1.19 bits per heavy atom. The van der Waals surface area contributed by atoms with Gasteiger partial charge < -0.3 is 10.6 Å². The van der Waals surface area contributed by atoms with E-state index in [1.807, 2.05) is 0 Å². The van der Waals surface area contributed by atoms with Gasteiger partial charge in [-0.15, -0.1) is 5.10 Å². The van der Waals surface area contributed by atoms with Crippen LogP contribution in [0.4, 0.5) is 23.4 Å². The maximum absolute atomic E-state index is 14.8. The highest BCUT2D eigenvalue weighted by Gasteiger charge is 2.33. The highest BCUT2D eigenvalue weighted by Crippen LogP contribution is 2.30. The lowest BCUT2D eigenvalue weighted by atomic mass is 10.1. The van der Waals surface area contributed by atoms with Crippen LogP contribution in [0.25, 0.3) is 21.8 Å². The van der Waals surface area contributed by atoms with Crippen LogP contribution in [-0.4, -0.2) is 42.3 Å². The molecule has 0 aliphatic carbocycles. The summed E-state index contributed by atoms with van der Waals surface area (Å²) in [6, 6.07) is 4.42. The van der Waals surface area contributed by atoms with Gasteiger partial charge in [0.25, 0.3) is 5.91 Å². The number of aromatic nitrogens is 5. The molecule has 12 heteroatoms. The molecule has 0 atom stereocenters. The molecule has 0 aliphatic rings. The van der Waals surface area contributed by atoms with Gasteiger partial charge in [-0.2, -0.15) is 23.4 Å². The van der Waals surface area contributed by atoms with E-state index in [4.69, 9.17) is 5.73 Å². The molecule has 0 saturated carbocycles. The fourth-order valence-electron chi connectivity index (χ4n) is 3.43. The van der Waals surface area contributed by atoms with Crippen LogP contribution in [0.1, 0.15) is 28.7 Å². The first kappa shape index (κ1) is 21.4. The average Bonchev–Trinajstić information content (AvgIpc) is 3.13. The van der Waals surface area contributed by atoms with E-state index in [9.17, 15) is 22.4 Å². The number of fused-ring (bicyclic) bond motifs is 3. The number of nitrogen functional groups attached to an aromatic ring is 1. The number of hydrogen-bond donors (Lipinski definition) is 1. The second kappa shape index (κ2) is 7.70. The topological polar surface area (TPSA) is 103 Å². The Morgan fingerprint density at radius 3 is 2.56 bits per heavy atom. The number of carbonyl (C=O) groups is 1. The first-order valence-electron chi connectivity index (χ1n) is 9.49. The van der Waals surface area contributed by atoms with Crippen LogP contribution in [0.5, 0.6) is 0 Å². The number of alkyl halides is 3. The fraction of sp³-hybridized carbons (Fsp3) is 0.250. The van der Waals surface area contributed by atoms with Crippen molar-refractivity contribution >= 4 is 33.5 Å². The number of carbonyl (C=O) groups excluding carboxylic acids is 1. The molecule has 8 nitrogen and oxygen atoms in total. The first-order chi connectivity index (χ1) is 15.1. The number of halogens is 4. The lowest BCUT2D eigenvalue weighted by Gasteiger charge is -2.21. The summed E-state index contributed by atoms with van der Waals surface area (Å²) in [6.07, 6.45) is -3.09. The minimum absolute atomic E-state index is 0.137. The molecular weight excluding hydrogens is 430 g/mol. The molecule has 166 valence electrons. The van der Waals surface area contributed by atoms with Gasteiger partial charge in [-0.1, -0.05) is 0 Å². The Labute approximate surface area is 178 Å². The Kier molecular flexibility index (Phi) is 5.15. The zero-order valence-corrected chi connectivity index (χ0v) is 17.0. The van der Waals surface area contributed by atoms with Gasteiger partial charge in [0.2, 0.25) is 0 Å². The van der Waals surface area contributed by atoms with Crippen LogP contribution in [-0.2, 0) is 19.8 Å². The molecule has 0 spiro atoms. The summed E-state index contributed by atoms with van der Waals surface area (Å²) < 4.78 is 54.4. The molecule has 3 heterocycles. The van der Waals surface area contributed by atoms with Gasteiger partial charge in [-0.25, -0.2) is 9.37 Å². The van der Waals surface area contributed by atoms with Crippen molar-refractivity contribution in [2.75, 3.05) is 12.3 Å². The monoisotopic (exact) mass is 447 g/mol. The summed E-state index contributed by atoms with van der Waals surface area (Å²) in [5, 5.41) is 11.9. The largest absolute Gasteiger partial charge is 0.435 e. The van der Waals surface area contributed by atoms with Crippen LogP contribution in [0.3, 0.4) is 0 Å². The van der Waals surface area contributed by atoms with E-state index in [-0.39, 0.29) is 35.7 Å². The lowest BCUT2D eigenvalue weighted by molar-refractivity contribution is -0.141. The van der Waals surface area contributed by atoms with E-state index in [0.717, 1.165) is 18.2 Å². The maximum atomic E-state index is 14.8.